The molecule has 0 aliphatic heterocycles. The van der Waals surface area contributed by atoms with Gasteiger partial charge in [-0.1, -0.05) is 12.6 Å². The van der Waals surface area contributed by atoms with Crippen LogP contribution < -0.4 is 4.74 Å². The maximum Gasteiger partial charge on any atom is 0.387 e. The van der Waals surface area contributed by atoms with E-state index in [9.17, 15) is 8.78 Å². The van der Waals surface area contributed by atoms with Crippen LogP contribution in [-0.2, 0) is 0 Å². The summed E-state index contributed by atoms with van der Waals surface area (Å²) in [6.45, 7) is 2.42. The van der Waals surface area contributed by atoms with E-state index in [1.807, 2.05) is 0 Å². The van der Waals surface area contributed by atoms with Crippen LogP contribution in [0.5, 0.6) is 5.75 Å². The van der Waals surface area contributed by atoms with Crippen molar-refractivity contribution >= 4 is 0 Å². The lowest BCUT2D eigenvalue weighted by atomic mass is 10.1. The van der Waals surface area contributed by atoms with E-state index in [1.165, 1.54) is 12.1 Å². The second kappa shape index (κ2) is 4.03. The lowest BCUT2D eigenvalue weighted by Crippen LogP contribution is -2.02. The third-order valence-electron chi connectivity index (χ3n) is 1.48. The smallest absolute Gasteiger partial charge is 0.387 e. The molecule has 0 aromatic heterocycles. The lowest BCUT2D eigenvalue weighted by Gasteiger charge is -2.06. The molecule has 0 N–H and O–H groups in total. The third-order valence-corrected chi connectivity index (χ3v) is 1.48. The van der Waals surface area contributed by atoms with Crippen LogP contribution >= 0.6 is 0 Å². The normalized spacial score (nSPS) is 10.2. The first kappa shape index (κ1) is 9.71. The van der Waals surface area contributed by atoms with Crippen LogP contribution in [0.4, 0.5) is 8.78 Å². The molecule has 3 heteroatoms. The zero-order chi connectivity index (χ0) is 9.84. The summed E-state index contributed by atoms with van der Waals surface area (Å²) in [7, 11) is 0. The lowest BCUT2D eigenvalue weighted by molar-refractivity contribution is -0.0498. The van der Waals surface area contributed by atoms with Gasteiger partial charge in [0.25, 0.3) is 0 Å². The number of ether oxygens (including phenoxy) is 1. The Morgan fingerprint density at radius 2 is 2.08 bits per heavy atom. The summed E-state index contributed by atoms with van der Waals surface area (Å²) in [6.07, 6.45) is 2.61. The van der Waals surface area contributed by atoms with Crippen molar-refractivity contribution in [2.45, 2.75) is 13.5 Å². The molecule has 0 spiro atoms. The van der Waals surface area contributed by atoms with E-state index in [2.05, 4.69) is 17.4 Å². The van der Waals surface area contributed by atoms with Gasteiger partial charge in [0.2, 0.25) is 0 Å². The predicted octanol–water partition coefficient (Wildman–Crippen LogP) is 2.93. The molecule has 1 aromatic carbocycles. The van der Waals surface area contributed by atoms with Gasteiger partial charge in [-0.3, -0.25) is 0 Å². The van der Waals surface area contributed by atoms with Gasteiger partial charge in [0.15, 0.2) is 0 Å². The summed E-state index contributed by atoms with van der Waals surface area (Å²) < 4.78 is 27.9. The van der Waals surface area contributed by atoms with E-state index in [0.717, 1.165) is 5.56 Å². The molecule has 1 aromatic rings. The number of hydrogen-bond acceptors (Lipinski definition) is 1. The maximum absolute atomic E-state index is 11.8. The quantitative estimate of drug-likeness (QED) is 0.700. The molecule has 0 heterocycles. The van der Waals surface area contributed by atoms with Crippen molar-refractivity contribution in [3.63, 3.8) is 0 Å². The molecule has 0 fully saturated rings. The molecule has 1 rings (SSSR count). The molecule has 0 atom stereocenters. The van der Waals surface area contributed by atoms with Gasteiger partial charge in [-0.15, -0.1) is 0 Å². The van der Waals surface area contributed by atoms with Crippen molar-refractivity contribution in [1.82, 2.24) is 0 Å². The van der Waals surface area contributed by atoms with E-state index in [1.54, 1.807) is 13.0 Å². The van der Waals surface area contributed by atoms with Crippen LogP contribution in [0.25, 0.3) is 0 Å². The van der Waals surface area contributed by atoms with Gasteiger partial charge in [0, 0.05) is 0 Å². The van der Waals surface area contributed by atoms with Crippen molar-refractivity contribution in [3.05, 3.63) is 42.0 Å². The SMILES string of the molecule is C=[C]c1cc(C)cc(OC(F)F)c1. The molecule has 0 aliphatic rings. The minimum absolute atomic E-state index is 0.140. The molecule has 0 saturated carbocycles. The Balaban J connectivity index is 2.94. The van der Waals surface area contributed by atoms with Crippen molar-refractivity contribution < 1.29 is 13.5 Å². The van der Waals surface area contributed by atoms with Crippen molar-refractivity contribution in [2.75, 3.05) is 0 Å². The minimum atomic E-state index is -2.79. The fourth-order valence-electron chi connectivity index (χ4n) is 1.02. The van der Waals surface area contributed by atoms with E-state index in [-0.39, 0.29) is 5.75 Å². The average Bonchev–Trinajstić information content (AvgIpc) is 2.01. The largest absolute Gasteiger partial charge is 0.435 e. The molecule has 0 saturated heterocycles. The Bertz CT molecular complexity index is 308. The molecule has 69 valence electrons. The standard InChI is InChI=1S/C10H9F2O/c1-3-8-4-7(2)5-9(6-8)13-10(11)12/h4-6,10H,1H2,2H3. The monoisotopic (exact) mass is 183 g/mol. The van der Waals surface area contributed by atoms with Crippen LogP contribution in [0.15, 0.2) is 24.8 Å². The fraction of sp³-hybridized carbons (Fsp3) is 0.200. The van der Waals surface area contributed by atoms with Crippen molar-refractivity contribution in [2.24, 2.45) is 0 Å². The first-order valence-corrected chi connectivity index (χ1v) is 3.71. The fourth-order valence-corrected chi connectivity index (χ4v) is 1.02. The summed E-state index contributed by atoms with van der Waals surface area (Å²) in [4.78, 5) is 0. The Morgan fingerprint density at radius 3 is 2.62 bits per heavy atom. The van der Waals surface area contributed by atoms with Gasteiger partial charge >= 0.3 is 6.61 Å². The van der Waals surface area contributed by atoms with Crippen LogP contribution in [0, 0.1) is 13.0 Å². The summed E-state index contributed by atoms with van der Waals surface area (Å²) in [5, 5.41) is 0. The average molecular weight is 183 g/mol. The number of aryl methyl sites for hydroxylation is 1. The summed E-state index contributed by atoms with van der Waals surface area (Å²) in [5.41, 5.74) is 1.49. The summed E-state index contributed by atoms with van der Waals surface area (Å²) in [6, 6.07) is 4.78. The third kappa shape index (κ3) is 2.86. The van der Waals surface area contributed by atoms with Crippen LogP contribution in [-0.4, -0.2) is 6.61 Å². The number of rotatable bonds is 3. The zero-order valence-electron chi connectivity index (χ0n) is 7.18. The number of benzene rings is 1. The Hall–Kier alpha value is -1.38. The van der Waals surface area contributed by atoms with Gasteiger partial charge < -0.3 is 4.74 Å². The zero-order valence-corrected chi connectivity index (χ0v) is 7.18. The van der Waals surface area contributed by atoms with Gasteiger partial charge in [-0.05, 0) is 36.3 Å². The molecule has 0 bridgehead atoms. The van der Waals surface area contributed by atoms with Crippen LogP contribution in [0.3, 0.4) is 0 Å². The van der Waals surface area contributed by atoms with Gasteiger partial charge in [0.1, 0.15) is 5.75 Å². The molecule has 13 heavy (non-hydrogen) atoms. The van der Waals surface area contributed by atoms with Crippen LogP contribution in [0.1, 0.15) is 11.1 Å². The van der Waals surface area contributed by atoms with Gasteiger partial charge in [0.05, 0.1) is 0 Å². The Kier molecular flexibility index (Phi) is 3.01. The summed E-state index contributed by atoms with van der Waals surface area (Å²) in [5.74, 6) is 0.140. The molecular formula is C10H9F2O. The van der Waals surface area contributed by atoms with E-state index >= 15 is 0 Å². The molecule has 0 aliphatic carbocycles. The summed E-state index contributed by atoms with van der Waals surface area (Å²) >= 11 is 0. The highest BCUT2D eigenvalue weighted by molar-refractivity contribution is 5.36. The molecule has 0 amide bonds. The first-order chi connectivity index (χ1) is 6.11. The molecule has 1 nitrogen and oxygen atoms in total. The van der Waals surface area contributed by atoms with E-state index in [4.69, 9.17) is 0 Å². The second-order valence-electron chi connectivity index (χ2n) is 2.59. The first-order valence-electron chi connectivity index (χ1n) is 3.71. The number of halogens is 2. The highest BCUT2D eigenvalue weighted by Gasteiger charge is 2.04. The van der Waals surface area contributed by atoms with Crippen molar-refractivity contribution in [3.8, 4) is 5.75 Å². The maximum atomic E-state index is 11.8. The molecule has 1 radical (unpaired) electrons. The second-order valence-corrected chi connectivity index (χ2v) is 2.59. The highest BCUT2D eigenvalue weighted by Crippen LogP contribution is 2.18. The number of alkyl halides is 2. The predicted molar refractivity (Wildman–Crippen MR) is 45.8 cm³/mol. The molecule has 0 unspecified atom stereocenters. The number of hydrogen-bond donors (Lipinski definition) is 0. The van der Waals surface area contributed by atoms with Crippen molar-refractivity contribution in [1.29, 1.82) is 0 Å². The Labute approximate surface area is 75.6 Å². The van der Waals surface area contributed by atoms with Crippen LogP contribution in [0.2, 0.25) is 0 Å². The minimum Gasteiger partial charge on any atom is -0.435 e. The topological polar surface area (TPSA) is 9.23 Å². The highest BCUT2D eigenvalue weighted by atomic mass is 19.3. The Morgan fingerprint density at radius 1 is 1.38 bits per heavy atom. The molecular weight excluding hydrogens is 174 g/mol. The van der Waals surface area contributed by atoms with E-state index in [0.29, 0.717) is 5.56 Å². The van der Waals surface area contributed by atoms with E-state index < -0.39 is 6.61 Å². The van der Waals surface area contributed by atoms with Gasteiger partial charge in [-0.2, -0.15) is 8.78 Å². The van der Waals surface area contributed by atoms with Gasteiger partial charge in [-0.25, -0.2) is 0 Å².